The molecule has 11 heavy (non-hydrogen) atoms. The Morgan fingerprint density at radius 3 is 3.00 bits per heavy atom. The van der Waals surface area contributed by atoms with Crippen LogP contribution >= 0.6 is 0 Å². The third-order valence-electron chi connectivity index (χ3n) is 1.28. The van der Waals surface area contributed by atoms with Crippen molar-refractivity contribution in [1.29, 1.82) is 0 Å². The normalized spacial score (nSPS) is 10.6. The van der Waals surface area contributed by atoms with E-state index in [0.29, 0.717) is 0 Å². The Kier molecular flexibility index (Phi) is 2.06. The standard InChI is InChI=1S/C7H9N3O/c1-10-6(4-5-9-10)2-3-7(8)11/h2-5H,1H3,(H2,8,11)/b3-2+. The first-order valence-electron chi connectivity index (χ1n) is 3.15. The highest BCUT2D eigenvalue weighted by molar-refractivity contribution is 5.89. The summed E-state index contributed by atoms with van der Waals surface area (Å²) in [5.41, 5.74) is 5.75. The fourth-order valence-corrected chi connectivity index (χ4v) is 0.715. The molecule has 1 amide bonds. The van der Waals surface area contributed by atoms with E-state index >= 15 is 0 Å². The van der Waals surface area contributed by atoms with Crippen LogP contribution in [0.4, 0.5) is 0 Å². The zero-order chi connectivity index (χ0) is 8.27. The molecule has 2 N–H and O–H groups in total. The van der Waals surface area contributed by atoms with E-state index in [4.69, 9.17) is 5.73 Å². The van der Waals surface area contributed by atoms with Gasteiger partial charge in [-0.3, -0.25) is 9.48 Å². The van der Waals surface area contributed by atoms with E-state index in [-0.39, 0.29) is 0 Å². The molecule has 0 fully saturated rings. The quantitative estimate of drug-likeness (QED) is 0.601. The van der Waals surface area contributed by atoms with Gasteiger partial charge in [0.2, 0.25) is 5.91 Å². The smallest absolute Gasteiger partial charge is 0.241 e. The second-order valence-corrected chi connectivity index (χ2v) is 2.12. The van der Waals surface area contributed by atoms with E-state index in [0.717, 1.165) is 5.69 Å². The molecule has 58 valence electrons. The number of rotatable bonds is 2. The maximum atomic E-state index is 10.3. The van der Waals surface area contributed by atoms with Crippen molar-refractivity contribution in [3.05, 3.63) is 24.0 Å². The SMILES string of the molecule is Cn1nccc1/C=C/C(N)=O. The predicted molar refractivity (Wildman–Crippen MR) is 41.4 cm³/mol. The molecule has 0 radical (unpaired) electrons. The fraction of sp³-hybridized carbons (Fsp3) is 0.143. The van der Waals surface area contributed by atoms with Gasteiger partial charge in [0, 0.05) is 19.3 Å². The number of primary amides is 1. The van der Waals surface area contributed by atoms with E-state index in [9.17, 15) is 4.79 Å². The van der Waals surface area contributed by atoms with Crippen molar-refractivity contribution in [2.45, 2.75) is 0 Å². The minimum Gasteiger partial charge on any atom is -0.366 e. The van der Waals surface area contributed by atoms with Gasteiger partial charge in [0.25, 0.3) is 0 Å². The molecule has 0 aliphatic carbocycles. The second kappa shape index (κ2) is 3.01. The average Bonchev–Trinajstić information content (AvgIpc) is 2.31. The number of carbonyl (C=O) groups excluding carboxylic acids is 1. The molecular weight excluding hydrogens is 142 g/mol. The molecule has 0 atom stereocenters. The number of aryl methyl sites for hydroxylation is 1. The van der Waals surface area contributed by atoms with Gasteiger partial charge < -0.3 is 5.73 Å². The summed E-state index contributed by atoms with van der Waals surface area (Å²) in [6.07, 6.45) is 4.58. The van der Waals surface area contributed by atoms with Gasteiger partial charge in [-0.15, -0.1) is 0 Å². The van der Waals surface area contributed by atoms with Crippen LogP contribution in [0.15, 0.2) is 18.3 Å². The number of hydrogen-bond donors (Lipinski definition) is 1. The maximum absolute atomic E-state index is 10.3. The van der Waals surface area contributed by atoms with Crippen LogP contribution in [-0.2, 0) is 11.8 Å². The fourth-order valence-electron chi connectivity index (χ4n) is 0.715. The zero-order valence-electron chi connectivity index (χ0n) is 6.19. The van der Waals surface area contributed by atoms with Crippen LogP contribution in [0.1, 0.15) is 5.69 Å². The summed E-state index contributed by atoms with van der Waals surface area (Å²) >= 11 is 0. The van der Waals surface area contributed by atoms with Gasteiger partial charge in [0.05, 0.1) is 5.69 Å². The molecule has 0 bridgehead atoms. The van der Waals surface area contributed by atoms with Crippen LogP contribution in [-0.4, -0.2) is 15.7 Å². The van der Waals surface area contributed by atoms with Gasteiger partial charge in [-0.2, -0.15) is 5.10 Å². The molecule has 1 aromatic heterocycles. The van der Waals surface area contributed by atoms with Crippen LogP contribution in [0, 0.1) is 0 Å². The molecule has 0 saturated heterocycles. The van der Waals surface area contributed by atoms with Crippen LogP contribution in [0.25, 0.3) is 6.08 Å². The van der Waals surface area contributed by atoms with Crippen molar-refractivity contribution >= 4 is 12.0 Å². The van der Waals surface area contributed by atoms with Crippen LogP contribution < -0.4 is 5.73 Å². The highest BCUT2D eigenvalue weighted by Gasteiger charge is 1.91. The van der Waals surface area contributed by atoms with Crippen LogP contribution in [0.3, 0.4) is 0 Å². The van der Waals surface area contributed by atoms with E-state index in [1.165, 1.54) is 6.08 Å². The van der Waals surface area contributed by atoms with E-state index in [1.54, 1.807) is 30.1 Å². The maximum Gasteiger partial charge on any atom is 0.241 e. The summed E-state index contributed by atoms with van der Waals surface area (Å²) in [6.45, 7) is 0. The summed E-state index contributed by atoms with van der Waals surface area (Å²) in [6, 6.07) is 1.79. The number of aromatic nitrogens is 2. The lowest BCUT2D eigenvalue weighted by molar-refractivity contribution is -0.113. The lowest BCUT2D eigenvalue weighted by atomic mass is 10.4. The molecule has 0 aliphatic heterocycles. The Morgan fingerprint density at radius 2 is 2.55 bits per heavy atom. The van der Waals surface area contributed by atoms with Crippen molar-refractivity contribution in [3.63, 3.8) is 0 Å². The topological polar surface area (TPSA) is 60.9 Å². The van der Waals surface area contributed by atoms with E-state index in [2.05, 4.69) is 5.10 Å². The number of carbonyl (C=O) groups is 1. The van der Waals surface area contributed by atoms with Gasteiger partial charge in [-0.05, 0) is 12.1 Å². The molecule has 4 nitrogen and oxygen atoms in total. The van der Waals surface area contributed by atoms with Crippen molar-refractivity contribution in [2.75, 3.05) is 0 Å². The third-order valence-corrected chi connectivity index (χ3v) is 1.28. The Labute approximate surface area is 64.3 Å². The summed E-state index contributed by atoms with van der Waals surface area (Å²) in [5, 5.41) is 3.91. The Hall–Kier alpha value is -1.58. The first-order chi connectivity index (χ1) is 5.20. The molecule has 1 rings (SSSR count). The summed E-state index contributed by atoms with van der Waals surface area (Å²) < 4.78 is 1.65. The minimum absolute atomic E-state index is 0.453. The van der Waals surface area contributed by atoms with Crippen molar-refractivity contribution < 1.29 is 4.79 Å². The lowest BCUT2D eigenvalue weighted by Gasteiger charge is -1.91. The molecule has 0 aromatic carbocycles. The van der Waals surface area contributed by atoms with Crippen LogP contribution in [0.5, 0.6) is 0 Å². The van der Waals surface area contributed by atoms with Crippen molar-refractivity contribution in [2.24, 2.45) is 12.8 Å². The van der Waals surface area contributed by atoms with Gasteiger partial charge in [-0.1, -0.05) is 0 Å². The Morgan fingerprint density at radius 1 is 1.82 bits per heavy atom. The predicted octanol–water partition coefficient (Wildman–Crippen LogP) is -0.0814. The zero-order valence-corrected chi connectivity index (χ0v) is 6.19. The van der Waals surface area contributed by atoms with E-state index < -0.39 is 5.91 Å². The molecule has 0 aliphatic rings. The lowest BCUT2D eigenvalue weighted by Crippen LogP contribution is -2.05. The Bertz CT molecular complexity index is 288. The highest BCUT2D eigenvalue weighted by atomic mass is 16.1. The molecule has 1 heterocycles. The summed E-state index contributed by atoms with van der Waals surface area (Å²) in [7, 11) is 1.79. The molecule has 4 heteroatoms. The number of nitrogens with two attached hydrogens (primary N) is 1. The third kappa shape index (κ3) is 1.93. The molecule has 0 saturated carbocycles. The molecule has 0 unspecified atom stereocenters. The number of hydrogen-bond acceptors (Lipinski definition) is 2. The number of amides is 1. The summed E-state index contributed by atoms with van der Waals surface area (Å²) in [5.74, 6) is -0.453. The first-order valence-corrected chi connectivity index (χ1v) is 3.15. The van der Waals surface area contributed by atoms with E-state index in [1.807, 2.05) is 0 Å². The molecule has 0 spiro atoms. The largest absolute Gasteiger partial charge is 0.366 e. The number of nitrogens with zero attached hydrogens (tertiary/aromatic N) is 2. The highest BCUT2D eigenvalue weighted by Crippen LogP contribution is 1.97. The van der Waals surface area contributed by atoms with Crippen LogP contribution in [0.2, 0.25) is 0 Å². The van der Waals surface area contributed by atoms with Crippen molar-refractivity contribution in [3.8, 4) is 0 Å². The molecule has 1 aromatic rings. The second-order valence-electron chi connectivity index (χ2n) is 2.12. The van der Waals surface area contributed by atoms with Gasteiger partial charge >= 0.3 is 0 Å². The van der Waals surface area contributed by atoms with Gasteiger partial charge in [0.1, 0.15) is 0 Å². The van der Waals surface area contributed by atoms with Gasteiger partial charge in [-0.25, -0.2) is 0 Å². The van der Waals surface area contributed by atoms with Gasteiger partial charge in [0.15, 0.2) is 0 Å². The molecular formula is C7H9N3O. The average molecular weight is 151 g/mol. The summed E-state index contributed by atoms with van der Waals surface area (Å²) in [4.78, 5) is 10.3. The van der Waals surface area contributed by atoms with Crippen molar-refractivity contribution in [1.82, 2.24) is 9.78 Å². The first kappa shape index (κ1) is 7.53. The monoisotopic (exact) mass is 151 g/mol. The Balaban J connectivity index is 2.79. The minimum atomic E-state index is -0.453.